The summed E-state index contributed by atoms with van der Waals surface area (Å²) in [6.07, 6.45) is 14.4. The molecule has 0 radical (unpaired) electrons. The number of allylic oxidation sites excluding steroid dienone is 4. The van der Waals surface area contributed by atoms with Gasteiger partial charge in [0.2, 0.25) is 0 Å². The van der Waals surface area contributed by atoms with Gasteiger partial charge in [-0.15, -0.1) is 0 Å². The fourth-order valence-electron chi connectivity index (χ4n) is 1.98. The molecule has 2 rings (SSSR count). The monoisotopic (exact) mass is 162 g/mol. The first-order valence-corrected chi connectivity index (χ1v) is 4.57. The molecule has 3 unspecified atom stereocenters. The molecule has 0 bridgehead atoms. The van der Waals surface area contributed by atoms with Crippen LogP contribution >= 0.6 is 0 Å². The zero-order valence-electron chi connectivity index (χ0n) is 7.06. The molecule has 0 aromatic rings. The maximum atomic E-state index is 9.71. The minimum atomic E-state index is -0.279. The van der Waals surface area contributed by atoms with Crippen molar-refractivity contribution in [1.82, 2.24) is 0 Å². The molecule has 0 amide bonds. The molecule has 0 saturated carbocycles. The molecular formula is C11H14O. The smallest absolute Gasteiger partial charge is 0.0789 e. The van der Waals surface area contributed by atoms with Crippen LogP contribution in [0.2, 0.25) is 0 Å². The second kappa shape index (κ2) is 3.28. The van der Waals surface area contributed by atoms with Crippen LogP contribution in [0, 0.1) is 11.8 Å². The third-order valence-corrected chi connectivity index (χ3v) is 2.69. The Morgan fingerprint density at radius 3 is 2.83 bits per heavy atom. The summed E-state index contributed by atoms with van der Waals surface area (Å²) in [7, 11) is 0. The summed E-state index contributed by atoms with van der Waals surface area (Å²) < 4.78 is 0. The molecule has 3 atom stereocenters. The molecule has 1 heteroatoms. The summed E-state index contributed by atoms with van der Waals surface area (Å²) in [6, 6.07) is 0. The SMILES string of the molecule is OC1C=CCCC2C=CC=CC12. The van der Waals surface area contributed by atoms with Crippen LogP contribution in [-0.2, 0) is 0 Å². The van der Waals surface area contributed by atoms with E-state index < -0.39 is 0 Å². The minimum absolute atomic E-state index is 0.279. The highest BCUT2D eigenvalue weighted by Crippen LogP contribution is 2.30. The predicted molar refractivity (Wildman–Crippen MR) is 49.6 cm³/mol. The Kier molecular flexibility index (Phi) is 2.13. The average Bonchev–Trinajstić information content (AvgIpc) is 2.29. The van der Waals surface area contributed by atoms with E-state index in [1.54, 1.807) is 0 Å². The molecule has 0 aliphatic heterocycles. The number of fused-ring (bicyclic) bond motifs is 1. The molecule has 2 aliphatic rings. The molecule has 0 fully saturated rings. The van der Waals surface area contributed by atoms with Gasteiger partial charge in [-0.05, 0) is 18.8 Å². The third kappa shape index (κ3) is 1.37. The van der Waals surface area contributed by atoms with E-state index in [1.807, 2.05) is 12.2 Å². The normalized spacial score (nSPS) is 39.2. The molecular weight excluding hydrogens is 148 g/mol. The fourth-order valence-corrected chi connectivity index (χ4v) is 1.98. The Bertz CT molecular complexity index is 237. The molecule has 64 valence electrons. The first kappa shape index (κ1) is 7.81. The Morgan fingerprint density at radius 2 is 1.92 bits per heavy atom. The van der Waals surface area contributed by atoms with E-state index in [0.29, 0.717) is 11.8 Å². The number of aliphatic hydroxyl groups excluding tert-OH is 1. The van der Waals surface area contributed by atoms with Crippen molar-refractivity contribution in [3.05, 3.63) is 36.5 Å². The largest absolute Gasteiger partial charge is 0.388 e. The van der Waals surface area contributed by atoms with Gasteiger partial charge < -0.3 is 5.11 Å². The Morgan fingerprint density at radius 1 is 1.08 bits per heavy atom. The molecule has 0 aromatic heterocycles. The van der Waals surface area contributed by atoms with Crippen LogP contribution in [-0.4, -0.2) is 11.2 Å². The molecule has 0 heterocycles. The van der Waals surface area contributed by atoms with Gasteiger partial charge in [0.25, 0.3) is 0 Å². The molecule has 0 saturated heterocycles. The van der Waals surface area contributed by atoms with Gasteiger partial charge in [-0.2, -0.15) is 0 Å². The maximum absolute atomic E-state index is 9.71. The summed E-state index contributed by atoms with van der Waals surface area (Å²) in [5, 5.41) is 9.71. The van der Waals surface area contributed by atoms with Gasteiger partial charge in [0.05, 0.1) is 6.10 Å². The van der Waals surface area contributed by atoms with Crippen LogP contribution in [0.15, 0.2) is 36.5 Å². The average molecular weight is 162 g/mol. The second-order valence-corrected chi connectivity index (χ2v) is 3.51. The molecule has 12 heavy (non-hydrogen) atoms. The molecule has 0 spiro atoms. The highest BCUT2D eigenvalue weighted by Gasteiger charge is 2.25. The topological polar surface area (TPSA) is 20.2 Å². The zero-order chi connectivity index (χ0) is 8.39. The summed E-state index contributed by atoms with van der Waals surface area (Å²) in [6.45, 7) is 0. The predicted octanol–water partition coefficient (Wildman–Crippen LogP) is 2.06. The highest BCUT2D eigenvalue weighted by molar-refractivity contribution is 5.18. The first-order chi connectivity index (χ1) is 5.88. The summed E-state index contributed by atoms with van der Waals surface area (Å²) in [5.74, 6) is 0.855. The lowest BCUT2D eigenvalue weighted by Gasteiger charge is -2.24. The number of aliphatic hydroxyl groups is 1. The van der Waals surface area contributed by atoms with Crippen molar-refractivity contribution in [2.24, 2.45) is 11.8 Å². The summed E-state index contributed by atoms with van der Waals surface area (Å²) >= 11 is 0. The Hall–Kier alpha value is -0.820. The van der Waals surface area contributed by atoms with E-state index in [-0.39, 0.29) is 6.10 Å². The highest BCUT2D eigenvalue weighted by atomic mass is 16.3. The third-order valence-electron chi connectivity index (χ3n) is 2.69. The zero-order valence-corrected chi connectivity index (χ0v) is 7.06. The van der Waals surface area contributed by atoms with Crippen molar-refractivity contribution in [2.75, 3.05) is 0 Å². The van der Waals surface area contributed by atoms with Gasteiger partial charge in [-0.1, -0.05) is 36.5 Å². The van der Waals surface area contributed by atoms with Crippen molar-refractivity contribution in [2.45, 2.75) is 18.9 Å². The van der Waals surface area contributed by atoms with Gasteiger partial charge in [0.15, 0.2) is 0 Å². The summed E-state index contributed by atoms with van der Waals surface area (Å²) in [4.78, 5) is 0. The number of hydrogen-bond donors (Lipinski definition) is 1. The molecule has 0 aromatic carbocycles. The van der Waals surface area contributed by atoms with Crippen molar-refractivity contribution >= 4 is 0 Å². The quantitative estimate of drug-likeness (QED) is 0.540. The van der Waals surface area contributed by atoms with Gasteiger partial charge in [0, 0.05) is 5.92 Å². The maximum Gasteiger partial charge on any atom is 0.0789 e. The van der Waals surface area contributed by atoms with E-state index in [9.17, 15) is 5.11 Å². The van der Waals surface area contributed by atoms with Gasteiger partial charge in [0.1, 0.15) is 0 Å². The van der Waals surface area contributed by atoms with E-state index >= 15 is 0 Å². The molecule has 1 N–H and O–H groups in total. The van der Waals surface area contributed by atoms with Gasteiger partial charge in [-0.3, -0.25) is 0 Å². The van der Waals surface area contributed by atoms with E-state index in [0.717, 1.165) is 6.42 Å². The van der Waals surface area contributed by atoms with Crippen LogP contribution in [0.4, 0.5) is 0 Å². The van der Waals surface area contributed by atoms with Crippen molar-refractivity contribution in [3.8, 4) is 0 Å². The standard InChI is InChI=1S/C11H14O/c12-11-8-4-2-6-9-5-1-3-7-10(9)11/h1,3-5,7-12H,2,6H2. The Labute approximate surface area is 73.1 Å². The lowest BCUT2D eigenvalue weighted by Crippen LogP contribution is -2.23. The minimum Gasteiger partial charge on any atom is -0.388 e. The van der Waals surface area contributed by atoms with Crippen LogP contribution in [0.1, 0.15) is 12.8 Å². The van der Waals surface area contributed by atoms with E-state index in [4.69, 9.17) is 0 Å². The van der Waals surface area contributed by atoms with E-state index in [1.165, 1.54) is 6.42 Å². The second-order valence-electron chi connectivity index (χ2n) is 3.51. The van der Waals surface area contributed by atoms with Crippen molar-refractivity contribution in [3.63, 3.8) is 0 Å². The number of hydrogen-bond acceptors (Lipinski definition) is 1. The first-order valence-electron chi connectivity index (χ1n) is 4.57. The van der Waals surface area contributed by atoms with Crippen molar-refractivity contribution in [1.29, 1.82) is 0 Å². The van der Waals surface area contributed by atoms with Crippen LogP contribution in [0.25, 0.3) is 0 Å². The number of rotatable bonds is 0. The van der Waals surface area contributed by atoms with Gasteiger partial charge >= 0.3 is 0 Å². The molecule has 2 aliphatic carbocycles. The lowest BCUT2D eigenvalue weighted by molar-refractivity contribution is 0.154. The Balaban J connectivity index is 2.20. The van der Waals surface area contributed by atoms with Gasteiger partial charge in [-0.25, -0.2) is 0 Å². The lowest BCUT2D eigenvalue weighted by atomic mass is 9.83. The summed E-state index contributed by atoms with van der Waals surface area (Å²) in [5.41, 5.74) is 0. The van der Waals surface area contributed by atoms with Crippen LogP contribution < -0.4 is 0 Å². The van der Waals surface area contributed by atoms with E-state index in [2.05, 4.69) is 24.3 Å². The molecule has 1 nitrogen and oxygen atoms in total. The van der Waals surface area contributed by atoms with Crippen LogP contribution in [0.5, 0.6) is 0 Å². The fraction of sp³-hybridized carbons (Fsp3) is 0.455. The van der Waals surface area contributed by atoms with Crippen molar-refractivity contribution < 1.29 is 5.11 Å². The van der Waals surface area contributed by atoms with Crippen LogP contribution in [0.3, 0.4) is 0 Å².